The Hall–Kier alpha value is -2.40. The van der Waals surface area contributed by atoms with Crippen LogP contribution in [0.15, 0.2) is 46.8 Å². The highest BCUT2D eigenvalue weighted by Gasteiger charge is 2.16. The third-order valence-electron chi connectivity index (χ3n) is 4.52. The second-order valence-corrected chi connectivity index (χ2v) is 6.88. The van der Waals surface area contributed by atoms with Crippen molar-refractivity contribution in [2.45, 2.75) is 39.0 Å². The van der Waals surface area contributed by atoms with Gasteiger partial charge in [-0.15, -0.1) is 0 Å². The number of hydrogen-bond acceptors (Lipinski definition) is 3. The van der Waals surface area contributed by atoms with Crippen LogP contribution in [-0.2, 0) is 0 Å². The van der Waals surface area contributed by atoms with Crippen molar-refractivity contribution < 1.29 is 4.79 Å². The summed E-state index contributed by atoms with van der Waals surface area (Å²) in [5.74, 6) is -0.452. The highest BCUT2D eigenvalue weighted by Crippen LogP contribution is 2.20. The standard InChI is InChI=1S/C20H22ClN3O2/c1-14-13-18(25)19(23-24(14)17-10-6-5-9-16(17)21)20(26)22-12-11-15-7-3-2-4-8-15/h5-7,9-10,13H,2-4,8,11-12H2,1H3,(H,22,26). The van der Waals surface area contributed by atoms with Crippen LogP contribution < -0.4 is 10.7 Å². The molecule has 1 N–H and O–H groups in total. The van der Waals surface area contributed by atoms with Crippen molar-refractivity contribution >= 4 is 17.5 Å². The summed E-state index contributed by atoms with van der Waals surface area (Å²) >= 11 is 6.23. The van der Waals surface area contributed by atoms with Crippen molar-refractivity contribution in [1.29, 1.82) is 0 Å². The predicted molar refractivity (Wildman–Crippen MR) is 103 cm³/mol. The molecule has 26 heavy (non-hydrogen) atoms. The molecule has 1 aromatic heterocycles. The molecule has 0 unspecified atom stereocenters. The van der Waals surface area contributed by atoms with E-state index in [1.54, 1.807) is 19.1 Å². The van der Waals surface area contributed by atoms with Crippen LogP contribution in [0.3, 0.4) is 0 Å². The normalized spacial score (nSPS) is 14.0. The molecule has 1 aliphatic carbocycles. The molecular weight excluding hydrogens is 350 g/mol. The number of allylic oxidation sites excluding steroid dienone is 1. The van der Waals surface area contributed by atoms with Crippen molar-refractivity contribution in [3.63, 3.8) is 0 Å². The smallest absolute Gasteiger partial charge is 0.275 e. The zero-order chi connectivity index (χ0) is 18.5. The Morgan fingerprint density at radius 3 is 2.85 bits per heavy atom. The van der Waals surface area contributed by atoms with Gasteiger partial charge in [-0.3, -0.25) is 9.59 Å². The Morgan fingerprint density at radius 2 is 2.12 bits per heavy atom. The Kier molecular flexibility index (Phi) is 5.89. The molecule has 0 radical (unpaired) electrons. The summed E-state index contributed by atoms with van der Waals surface area (Å²) in [5.41, 5.74) is 2.12. The first kappa shape index (κ1) is 18.4. The van der Waals surface area contributed by atoms with Gasteiger partial charge in [-0.05, 0) is 51.2 Å². The maximum absolute atomic E-state index is 12.4. The van der Waals surface area contributed by atoms with E-state index >= 15 is 0 Å². The van der Waals surface area contributed by atoms with Gasteiger partial charge in [0.1, 0.15) is 0 Å². The molecule has 0 bridgehead atoms. The molecule has 1 aliphatic rings. The van der Waals surface area contributed by atoms with Crippen molar-refractivity contribution in [1.82, 2.24) is 15.1 Å². The molecular formula is C20H22ClN3O2. The van der Waals surface area contributed by atoms with E-state index in [1.165, 1.54) is 29.2 Å². The number of carbonyl (C=O) groups excluding carboxylic acids is 1. The van der Waals surface area contributed by atoms with Gasteiger partial charge in [-0.1, -0.05) is 35.4 Å². The summed E-state index contributed by atoms with van der Waals surface area (Å²) in [5, 5.41) is 7.57. The average Bonchev–Trinajstić information content (AvgIpc) is 2.63. The Bertz CT molecular complexity index is 902. The third-order valence-corrected chi connectivity index (χ3v) is 4.84. The van der Waals surface area contributed by atoms with E-state index in [2.05, 4.69) is 16.5 Å². The maximum atomic E-state index is 12.4. The number of amides is 1. The molecule has 0 aliphatic heterocycles. The molecule has 5 nitrogen and oxygen atoms in total. The molecule has 0 spiro atoms. The second kappa shape index (κ2) is 8.32. The van der Waals surface area contributed by atoms with Gasteiger partial charge in [0.15, 0.2) is 5.69 Å². The van der Waals surface area contributed by atoms with E-state index < -0.39 is 5.91 Å². The largest absolute Gasteiger partial charge is 0.350 e. The van der Waals surface area contributed by atoms with Gasteiger partial charge < -0.3 is 5.32 Å². The molecule has 3 rings (SSSR count). The Balaban J connectivity index is 1.78. The molecule has 2 aromatic rings. The van der Waals surface area contributed by atoms with Crippen LogP contribution in [0.4, 0.5) is 0 Å². The van der Waals surface area contributed by atoms with Crippen LogP contribution in [-0.4, -0.2) is 22.2 Å². The molecule has 1 heterocycles. The molecule has 0 atom stereocenters. The highest BCUT2D eigenvalue weighted by atomic mass is 35.5. The number of aromatic nitrogens is 2. The van der Waals surface area contributed by atoms with Gasteiger partial charge in [0.25, 0.3) is 5.91 Å². The van der Waals surface area contributed by atoms with E-state index in [1.807, 2.05) is 12.1 Å². The summed E-state index contributed by atoms with van der Waals surface area (Å²) in [4.78, 5) is 24.7. The van der Waals surface area contributed by atoms with Crippen LogP contribution in [0.5, 0.6) is 0 Å². The second-order valence-electron chi connectivity index (χ2n) is 6.48. The number of carbonyl (C=O) groups is 1. The highest BCUT2D eigenvalue weighted by molar-refractivity contribution is 6.32. The monoisotopic (exact) mass is 371 g/mol. The fourth-order valence-electron chi connectivity index (χ4n) is 3.12. The third kappa shape index (κ3) is 4.22. The van der Waals surface area contributed by atoms with E-state index in [0.29, 0.717) is 22.9 Å². The minimum Gasteiger partial charge on any atom is -0.350 e. The minimum absolute atomic E-state index is 0.117. The number of aryl methyl sites for hydroxylation is 1. The van der Waals surface area contributed by atoms with Crippen molar-refractivity contribution in [3.8, 4) is 5.69 Å². The van der Waals surface area contributed by atoms with Crippen LogP contribution in [0.1, 0.15) is 48.3 Å². The van der Waals surface area contributed by atoms with Crippen molar-refractivity contribution in [3.05, 3.63) is 68.6 Å². The summed E-state index contributed by atoms with van der Waals surface area (Å²) < 4.78 is 1.53. The number of nitrogens with one attached hydrogen (secondary N) is 1. The number of para-hydroxylation sites is 1. The minimum atomic E-state index is -0.452. The zero-order valence-corrected chi connectivity index (χ0v) is 15.6. The zero-order valence-electron chi connectivity index (χ0n) is 14.8. The number of benzene rings is 1. The summed E-state index contributed by atoms with van der Waals surface area (Å²) in [6.45, 7) is 2.26. The fourth-order valence-corrected chi connectivity index (χ4v) is 3.34. The summed E-state index contributed by atoms with van der Waals surface area (Å²) in [6.07, 6.45) is 7.73. The molecule has 0 saturated carbocycles. The first-order chi connectivity index (χ1) is 12.6. The lowest BCUT2D eigenvalue weighted by Gasteiger charge is -2.14. The lowest BCUT2D eigenvalue weighted by Crippen LogP contribution is -2.32. The van der Waals surface area contributed by atoms with E-state index in [0.717, 1.165) is 19.3 Å². The maximum Gasteiger partial charge on any atom is 0.275 e. The van der Waals surface area contributed by atoms with Crippen molar-refractivity contribution in [2.24, 2.45) is 0 Å². The number of halogens is 1. The lowest BCUT2D eigenvalue weighted by atomic mass is 9.97. The molecule has 6 heteroatoms. The predicted octanol–water partition coefficient (Wildman–Crippen LogP) is 3.81. The first-order valence-corrected chi connectivity index (χ1v) is 9.26. The number of rotatable bonds is 5. The number of nitrogens with zero attached hydrogens (tertiary/aromatic N) is 2. The average molecular weight is 372 g/mol. The van der Waals surface area contributed by atoms with E-state index in [-0.39, 0.29) is 11.1 Å². The molecule has 136 valence electrons. The number of hydrogen-bond donors (Lipinski definition) is 1. The lowest BCUT2D eigenvalue weighted by molar-refractivity contribution is 0.0946. The Labute approximate surface area is 157 Å². The van der Waals surface area contributed by atoms with Gasteiger partial charge in [-0.2, -0.15) is 5.10 Å². The quantitative estimate of drug-likeness (QED) is 0.813. The van der Waals surface area contributed by atoms with Gasteiger partial charge in [-0.25, -0.2) is 4.68 Å². The van der Waals surface area contributed by atoms with Gasteiger partial charge in [0.05, 0.1) is 10.7 Å². The van der Waals surface area contributed by atoms with Crippen LogP contribution >= 0.6 is 11.6 Å². The van der Waals surface area contributed by atoms with Gasteiger partial charge in [0, 0.05) is 18.3 Å². The first-order valence-electron chi connectivity index (χ1n) is 8.88. The van der Waals surface area contributed by atoms with Crippen LogP contribution in [0.2, 0.25) is 5.02 Å². The van der Waals surface area contributed by atoms with Gasteiger partial charge in [0.2, 0.25) is 5.43 Å². The topological polar surface area (TPSA) is 64.0 Å². The summed E-state index contributed by atoms with van der Waals surface area (Å²) in [6, 6.07) is 8.60. The van der Waals surface area contributed by atoms with E-state index in [4.69, 9.17) is 11.6 Å². The van der Waals surface area contributed by atoms with Crippen molar-refractivity contribution in [2.75, 3.05) is 6.54 Å². The molecule has 1 amide bonds. The molecule has 0 saturated heterocycles. The Morgan fingerprint density at radius 1 is 1.31 bits per heavy atom. The van der Waals surface area contributed by atoms with Gasteiger partial charge >= 0.3 is 0 Å². The summed E-state index contributed by atoms with van der Waals surface area (Å²) in [7, 11) is 0. The van der Waals surface area contributed by atoms with Crippen LogP contribution in [0, 0.1) is 6.92 Å². The molecule has 0 fully saturated rings. The SMILES string of the molecule is Cc1cc(=O)c(C(=O)NCCC2=CCCCC2)nn1-c1ccccc1Cl. The fraction of sp³-hybridized carbons (Fsp3) is 0.350. The van der Waals surface area contributed by atoms with E-state index in [9.17, 15) is 9.59 Å². The molecule has 1 aromatic carbocycles. The van der Waals surface area contributed by atoms with Crippen LogP contribution in [0.25, 0.3) is 5.69 Å².